The molecule has 1 saturated carbocycles. The highest BCUT2D eigenvalue weighted by Crippen LogP contribution is 2.45. The molecule has 1 fully saturated rings. The second-order valence-electron chi connectivity index (χ2n) is 9.03. The topological polar surface area (TPSA) is 108 Å². The number of carbonyl (C=O) groups is 2. The maximum Gasteiger partial charge on any atom is 0.440 e. The predicted octanol–water partition coefficient (Wildman–Crippen LogP) is 4.76. The van der Waals surface area contributed by atoms with Crippen LogP contribution in [0.5, 0.6) is 0 Å². The third-order valence-corrected chi connectivity index (χ3v) is 6.88. The standard InChI is InChI=1S/C24H24F3N5O3/c25-24(26,27)23(30-19(33)13-8-14-4-1-2-5-14)21(34)29-22-28-20-17(6-3-7-18(20)32(22)23)15-9-11-16(31-35)12-10-15/h3,6-7,9-12,14,31,35H,1-2,4-5,8,13H2,(H,30,33)(H,28,29,34). The molecule has 0 spiro atoms. The lowest BCUT2D eigenvalue weighted by Gasteiger charge is -2.32. The summed E-state index contributed by atoms with van der Waals surface area (Å²) in [5.41, 5.74) is 0.633. The van der Waals surface area contributed by atoms with Crippen LogP contribution in [0.2, 0.25) is 0 Å². The van der Waals surface area contributed by atoms with Gasteiger partial charge in [-0.3, -0.25) is 30.2 Å². The molecule has 5 rings (SSSR count). The monoisotopic (exact) mass is 487 g/mol. The molecule has 2 amide bonds. The van der Waals surface area contributed by atoms with E-state index in [0.29, 0.717) is 29.2 Å². The van der Waals surface area contributed by atoms with E-state index in [1.165, 1.54) is 6.07 Å². The van der Waals surface area contributed by atoms with Gasteiger partial charge >= 0.3 is 6.18 Å². The van der Waals surface area contributed by atoms with Gasteiger partial charge in [0, 0.05) is 12.0 Å². The molecule has 1 aliphatic carbocycles. The molecule has 2 aliphatic rings. The minimum absolute atomic E-state index is 0.0497. The first kappa shape index (κ1) is 23.2. The Morgan fingerprint density at radius 3 is 2.54 bits per heavy atom. The lowest BCUT2D eigenvalue weighted by Crippen LogP contribution is -2.63. The van der Waals surface area contributed by atoms with Gasteiger partial charge < -0.3 is 5.32 Å². The van der Waals surface area contributed by atoms with Crippen LogP contribution in [0.4, 0.5) is 24.8 Å². The van der Waals surface area contributed by atoms with E-state index < -0.39 is 23.7 Å². The number of nitrogens with one attached hydrogen (secondary N) is 3. The van der Waals surface area contributed by atoms with Crippen LogP contribution in [0.1, 0.15) is 38.5 Å². The first-order chi connectivity index (χ1) is 16.7. The average Bonchev–Trinajstić information content (AvgIpc) is 3.53. The van der Waals surface area contributed by atoms with Gasteiger partial charge in [-0.25, -0.2) is 4.98 Å². The van der Waals surface area contributed by atoms with Crippen molar-refractivity contribution in [3.63, 3.8) is 0 Å². The molecule has 8 nitrogen and oxygen atoms in total. The third kappa shape index (κ3) is 3.79. The number of para-hydroxylation sites is 1. The highest BCUT2D eigenvalue weighted by atomic mass is 19.4. The van der Waals surface area contributed by atoms with E-state index in [9.17, 15) is 22.8 Å². The maximum absolute atomic E-state index is 14.6. The number of anilines is 2. The molecule has 0 bridgehead atoms. The van der Waals surface area contributed by atoms with Crippen LogP contribution in [0.3, 0.4) is 0 Å². The summed E-state index contributed by atoms with van der Waals surface area (Å²) in [7, 11) is 0. The van der Waals surface area contributed by atoms with Crippen molar-refractivity contribution >= 4 is 34.5 Å². The Hall–Kier alpha value is -3.60. The van der Waals surface area contributed by atoms with Crippen molar-refractivity contribution in [2.75, 3.05) is 10.8 Å². The quantitative estimate of drug-likeness (QED) is 0.375. The number of amides is 2. The number of imidazole rings is 1. The van der Waals surface area contributed by atoms with Crippen molar-refractivity contribution in [2.45, 2.75) is 50.4 Å². The Morgan fingerprint density at radius 2 is 1.89 bits per heavy atom. The molecule has 1 unspecified atom stereocenters. The molecule has 4 N–H and O–H groups in total. The number of rotatable bonds is 6. The Bertz CT molecular complexity index is 1280. The van der Waals surface area contributed by atoms with Gasteiger partial charge in [-0.05, 0) is 36.1 Å². The molecule has 2 aromatic carbocycles. The highest BCUT2D eigenvalue weighted by molar-refractivity contribution is 6.06. The number of nitrogens with zero attached hydrogens (tertiary/aromatic N) is 2. The number of fused-ring (bicyclic) bond motifs is 3. The van der Waals surface area contributed by atoms with Gasteiger partial charge in [-0.2, -0.15) is 13.2 Å². The van der Waals surface area contributed by atoms with Gasteiger partial charge in [0.15, 0.2) is 0 Å². The smallest absolute Gasteiger partial charge is 0.317 e. The van der Waals surface area contributed by atoms with E-state index in [-0.39, 0.29) is 23.4 Å². The van der Waals surface area contributed by atoms with Gasteiger partial charge in [-0.1, -0.05) is 49.9 Å². The average molecular weight is 487 g/mol. The van der Waals surface area contributed by atoms with Crippen molar-refractivity contribution in [1.29, 1.82) is 0 Å². The summed E-state index contributed by atoms with van der Waals surface area (Å²) in [5.74, 6) is -2.20. The Labute approximate surface area is 198 Å². The third-order valence-electron chi connectivity index (χ3n) is 6.88. The lowest BCUT2D eigenvalue weighted by molar-refractivity contribution is -0.217. The molecule has 2 heterocycles. The first-order valence-electron chi connectivity index (χ1n) is 11.5. The van der Waals surface area contributed by atoms with Gasteiger partial charge in [0.25, 0.3) is 11.6 Å². The second-order valence-corrected chi connectivity index (χ2v) is 9.03. The van der Waals surface area contributed by atoms with Crippen molar-refractivity contribution in [3.8, 4) is 11.1 Å². The summed E-state index contributed by atoms with van der Waals surface area (Å²) in [5, 5.41) is 13.3. The first-order valence-corrected chi connectivity index (χ1v) is 11.5. The number of aromatic nitrogens is 2. The predicted molar refractivity (Wildman–Crippen MR) is 123 cm³/mol. The van der Waals surface area contributed by atoms with Crippen LogP contribution >= 0.6 is 0 Å². The van der Waals surface area contributed by atoms with Crippen LogP contribution in [0.25, 0.3) is 22.2 Å². The minimum Gasteiger partial charge on any atom is -0.317 e. The van der Waals surface area contributed by atoms with Gasteiger partial charge in [-0.15, -0.1) is 0 Å². The molecule has 11 heteroatoms. The molecule has 0 radical (unpaired) electrons. The fourth-order valence-corrected chi connectivity index (χ4v) is 5.11. The van der Waals surface area contributed by atoms with E-state index in [4.69, 9.17) is 5.21 Å². The van der Waals surface area contributed by atoms with Crippen LogP contribution in [0, 0.1) is 5.92 Å². The Morgan fingerprint density at radius 1 is 1.17 bits per heavy atom. The molecule has 1 aromatic heterocycles. The zero-order valence-electron chi connectivity index (χ0n) is 18.7. The van der Waals surface area contributed by atoms with Gasteiger partial charge in [0.1, 0.15) is 0 Å². The molecule has 35 heavy (non-hydrogen) atoms. The van der Waals surface area contributed by atoms with Gasteiger partial charge in [0.2, 0.25) is 11.9 Å². The lowest BCUT2D eigenvalue weighted by atomic mass is 10.0. The number of carbonyl (C=O) groups excluding carboxylic acids is 2. The van der Waals surface area contributed by atoms with Gasteiger partial charge in [0.05, 0.1) is 16.7 Å². The number of hydrogen-bond acceptors (Lipinski definition) is 5. The summed E-state index contributed by atoms with van der Waals surface area (Å²) in [6.07, 6.45) is -0.668. The van der Waals surface area contributed by atoms with Crippen molar-refractivity contribution < 1.29 is 28.0 Å². The fraction of sp³-hybridized carbons (Fsp3) is 0.375. The molecule has 184 valence electrons. The summed E-state index contributed by atoms with van der Waals surface area (Å²) in [6, 6.07) is 11.3. The zero-order valence-corrected chi connectivity index (χ0v) is 18.7. The molecule has 0 saturated heterocycles. The van der Waals surface area contributed by atoms with Crippen LogP contribution in [0.15, 0.2) is 42.5 Å². The van der Waals surface area contributed by atoms with E-state index in [0.717, 1.165) is 30.3 Å². The van der Waals surface area contributed by atoms with E-state index >= 15 is 0 Å². The Kier molecular flexibility index (Phi) is 5.66. The number of halogens is 3. The minimum atomic E-state index is -5.12. The zero-order chi connectivity index (χ0) is 24.8. The second kappa shape index (κ2) is 8.56. The van der Waals surface area contributed by atoms with E-state index in [1.807, 2.05) is 10.8 Å². The largest absolute Gasteiger partial charge is 0.440 e. The van der Waals surface area contributed by atoms with E-state index in [1.54, 1.807) is 36.4 Å². The van der Waals surface area contributed by atoms with Crippen molar-refractivity contribution in [1.82, 2.24) is 14.9 Å². The SMILES string of the molecule is O=C(CCC1CCCC1)NC1(C(F)(F)F)C(=O)Nc2nc3c(-c4ccc(NO)cc4)cccc3n21. The van der Waals surface area contributed by atoms with Crippen molar-refractivity contribution in [2.24, 2.45) is 5.92 Å². The normalized spacial score (nSPS) is 20.2. The highest BCUT2D eigenvalue weighted by Gasteiger charge is 2.67. The Balaban J connectivity index is 1.56. The number of benzene rings is 2. The summed E-state index contributed by atoms with van der Waals surface area (Å²) >= 11 is 0. The van der Waals surface area contributed by atoms with Crippen LogP contribution in [-0.2, 0) is 15.3 Å². The molecule has 1 atom stereocenters. The maximum atomic E-state index is 14.6. The van der Waals surface area contributed by atoms with E-state index in [2.05, 4.69) is 10.3 Å². The number of hydrogen-bond donors (Lipinski definition) is 4. The summed E-state index contributed by atoms with van der Waals surface area (Å²) in [4.78, 5) is 29.8. The molecular formula is C24H24F3N5O3. The summed E-state index contributed by atoms with van der Waals surface area (Å²) in [6.45, 7) is 0. The molecule has 3 aromatic rings. The van der Waals surface area contributed by atoms with Crippen LogP contribution < -0.4 is 16.1 Å². The van der Waals surface area contributed by atoms with Crippen molar-refractivity contribution in [3.05, 3.63) is 42.5 Å². The fourth-order valence-electron chi connectivity index (χ4n) is 5.11. The molecule has 1 aliphatic heterocycles. The number of alkyl halides is 3. The molecular weight excluding hydrogens is 463 g/mol. The summed E-state index contributed by atoms with van der Waals surface area (Å²) < 4.78 is 44.6. The van der Waals surface area contributed by atoms with Crippen LogP contribution in [-0.4, -0.2) is 32.7 Å².